The van der Waals surface area contributed by atoms with Crippen LogP contribution in [0.1, 0.15) is 31.2 Å². The molecular weight excluding hydrogens is 286 g/mol. The fraction of sp³-hybridized carbons (Fsp3) is 0.500. The second-order valence-electron chi connectivity index (χ2n) is 5.74. The molecule has 3 rings (SSSR count). The number of fused-ring (bicyclic) bond motifs is 1. The summed E-state index contributed by atoms with van der Waals surface area (Å²) >= 11 is 5.91. The molecule has 4 nitrogen and oxygen atoms in total. The zero-order valence-electron chi connectivity index (χ0n) is 12.1. The third-order valence-electron chi connectivity index (χ3n) is 4.09. The number of alkyl halides is 1. The van der Waals surface area contributed by atoms with Gasteiger partial charge in [-0.1, -0.05) is 6.07 Å². The number of para-hydroxylation sites is 1. The van der Waals surface area contributed by atoms with Crippen LogP contribution in [0.15, 0.2) is 18.2 Å². The van der Waals surface area contributed by atoms with E-state index in [0.717, 1.165) is 42.9 Å². The second-order valence-corrected chi connectivity index (χ2v) is 6.12. The molecular formula is C16H18ClN3O. The van der Waals surface area contributed by atoms with Crippen molar-refractivity contribution in [3.8, 4) is 6.07 Å². The Balaban J connectivity index is 2.10. The van der Waals surface area contributed by atoms with Gasteiger partial charge in [0.2, 0.25) is 0 Å². The number of benzene rings is 1. The lowest BCUT2D eigenvalue weighted by Gasteiger charge is -2.25. The van der Waals surface area contributed by atoms with Gasteiger partial charge in [-0.3, -0.25) is 0 Å². The number of ether oxygens (including phenoxy) is 1. The number of hydrogen-bond acceptors (Lipinski definition) is 3. The van der Waals surface area contributed by atoms with Crippen LogP contribution in [-0.2, 0) is 17.7 Å². The summed E-state index contributed by atoms with van der Waals surface area (Å²) in [5.41, 5.74) is 2.21. The molecule has 2 aromatic rings. The molecule has 1 aliphatic heterocycles. The van der Waals surface area contributed by atoms with Crippen molar-refractivity contribution in [3.05, 3.63) is 29.6 Å². The molecule has 1 aromatic carbocycles. The number of nitriles is 1. The zero-order chi connectivity index (χ0) is 14.9. The van der Waals surface area contributed by atoms with E-state index in [0.29, 0.717) is 17.9 Å². The first-order valence-electron chi connectivity index (χ1n) is 7.25. The standard InChI is InChI=1S/C16H18ClN3O/c1-16(7-3-9-21-16)11-20-13-5-2-4-12(10-18)15(13)19-14(20)6-8-17/h2,4-5H,3,6-9,11H2,1H3. The molecule has 1 fully saturated rings. The molecule has 0 saturated carbocycles. The molecule has 1 unspecified atom stereocenters. The Bertz CT molecular complexity index is 695. The van der Waals surface area contributed by atoms with Gasteiger partial charge in [-0.25, -0.2) is 4.98 Å². The summed E-state index contributed by atoms with van der Waals surface area (Å²) in [4.78, 5) is 4.65. The maximum atomic E-state index is 9.25. The van der Waals surface area contributed by atoms with Crippen molar-refractivity contribution in [2.24, 2.45) is 0 Å². The van der Waals surface area contributed by atoms with Crippen LogP contribution in [0, 0.1) is 11.3 Å². The molecule has 0 amide bonds. The van der Waals surface area contributed by atoms with Crippen LogP contribution < -0.4 is 0 Å². The fourth-order valence-electron chi connectivity index (χ4n) is 3.03. The summed E-state index contributed by atoms with van der Waals surface area (Å²) in [6.45, 7) is 3.71. The Labute approximate surface area is 129 Å². The molecule has 1 saturated heterocycles. The summed E-state index contributed by atoms with van der Waals surface area (Å²) in [5.74, 6) is 1.45. The monoisotopic (exact) mass is 303 g/mol. The highest BCUT2D eigenvalue weighted by Gasteiger charge is 2.31. The summed E-state index contributed by atoms with van der Waals surface area (Å²) in [6, 6.07) is 7.94. The molecule has 0 aliphatic carbocycles. The van der Waals surface area contributed by atoms with Gasteiger partial charge in [0.15, 0.2) is 0 Å². The topological polar surface area (TPSA) is 50.8 Å². The van der Waals surface area contributed by atoms with E-state index in [1.165, 1.54) is 0 Å². The number of hydrogen-bond donors (Lipinski definition) is 0. The Kier molecular flexibility index (Phi) is 3.88. The van der Waals surface area contributed by atoms with Gasteiger partial charge in [-0.15, -0.1) is 11.6 Å². The van der Waals surface area contributed by atoms with E-state index in [-0.39, 0.29) is 5.60 Å². The van der Waals surface area contributed by atoms with Gasteiger partial charge in [0, 0.05) is 18.9 Å². The van der Waals surface area contributed by atoms with Crippen LogP contribution in [0.4, 0.5) is 0 Å². The number of rotatable bonds is 4. The maximum absolute atomic E-state index is 9.25. The van der Waals surface area contributed by atoms with E-state index >= 15 is 0 Å². The molecule has 0 radical (unpaired) electrons. The molecule has 2 heterocycles. The first-order chi connectivity index (χ1) is 10.2. The van der Waals surface area contributed by atoms with Crippen molar-refractivity contribution in [2.45, 2.75) is 38.3 Å². The van der Waals surface area contributed by atoms with Crippen molar-refractivity contribution >= 4 is 22.6 Å². The summed E-state index contributed by atoms with van der Waals surface area (Å²) in [5, 5.41) is 9.25. The lowest BCUT2D eigenvalue weighted by Crippen LogP contribution is -2.30. The molecule has 1 aliphatic rings. The number of aryl methyl sites for hydroxylation is 1. The van der Waals surface area contributed by atoms with Crippen LogP contribution in [0.5, 0.6) is 0 Å². The number of imidazole rings is 1. The number of aromatic nitrogens is 2. The Morgan fingerprint density at radius 1 is 1.52 bits per heavy atom. The highest BCUT2D eigenvalue weighted by atomic mass is 35.5. The third-order valence-corrected chi connectivity index (χ3v) is 4.28. The minimum absolute atomic E-state index is 0.155. The minimum atomic E-state index is -0.155. The molecule has 21 heavy (non-hydrogen) atoms. The number of nitrogens with zero attached hydrogens (tertiary/aromatic N) is 3. The van der Waals surface area contributed by atoms with E-state index in [2.05, 4.69) is 22.5 Å². The highest BCUT2D eigenvalue weighted by Crippen LogP contribution is 2.30. The van der Waals surface area contributed by atoms with Crippen molar-refractivity contribution in [3.63, 3.8) is 0 Å². The van der Waals surface area contributed by atoms with Gasteiger partial charge in [-0.05, 0) is 31.9 Å². The Morgan fingerprint density at radius 2 is 2.38 bits per heavy atom. The third kappa shape index (κ3) is 2.64. The van der Waals surface area contributed by atoms with Crippen molar-refractivity contribution in [1.82, 2.24) is 9.55 Å². The maximum Gasteiger partial charge on any atom is 0.111 e. The van der Waals surface area contributed by atoms with Gasteiger partial charge >= 0.3 is 0 Å². The average molecular weight is 304 g/mol. The molecule has 1 aromatic heterocycles. The normalized spacial score (nSPS) is 21.8. The lowest BCUT2D eigenvalue weighted by molar-refractivity contribution is 0.00653. The van der Waals surface area contributed by atoms with Gasteiger partial charge < -0.3 is 9.30 Å². The quantitative estimate of drug-likeness (QED) is 0.815. The molecule has 5 heteroatoms. The van der Waals surface area contributed by atoms with Gasteiger partial charge in [0.05, 0.1) is 23.2 Å². The highest BCUT2D eigenvalue weighted by molar-refractivity contribution is 6.17. The van der Waals surface area contributed by atoms with Crippen LogP contribution in [-0.4, -0.2) is 27.6 Å². The lowest BCUT2D eigenvalue weighted by atomic mass is 10.0. The first-order valence-corrected chi connectivity index (χ1v) is 7.78. The van der Waals surface area contributed by atoms with E-state index in [1.54, 1.807) is 6.07 Å². The van der Waals surface area contributed by atoms with Crippen LogP contribution in [0.3, 0.4) is 0 Å². The summed E-state index contributed by atoms with van der Waals surface area (Å²) < 4.78 is 8.08. The minimum Gasteiger partial charge on any atom is -0.373 e. The van der Waals surface area contributed by atoms with Gasteiger partial charge in [-0.2, -0.15) is 5.26 Å². The molecule has 0 bridgehead atoms. The van der Waals surface area contributed by atoms with E-state index in [9.17, 15) is 5.26 Å². The van der Waals surface area contributed by atoms with E-state index in [1.807, 2.05) is 12.1 Å². The Hall–Kier alpha value is -1.57. The number of halogens is 1. The van der Waals surface area contributed by atoms with Crippen molar-refractivity contribution in [1.29, 1.82) is 5.26 Å². The Morgan fingerprint density at radius 3 is 3.05 bits per heavy atom. The summed E-state index contributed by atoms with van der Waals surface area (Å²) in [6.07, 6.45) is 2.83. The fourth-order valence-corrected chi connectivity index (χ4v) is 3.20. The van der Waals surface area contributed by atoms with Gasteiger partial charge in [0.25, 0.3) is 0 Å². The smallest absolute Gasteiger partial charge is 0.111 e. The zero-order valence-corrected chi connectivity index (χ0v) is 12.9. The van der Waals surface area contributed by atoms with E-state index in [4.69, 9.17) is 16.3 Å². The van der Waals surface area contributed by atoms with E-state index < -0.39 is 0 Å². The SMILES string of the molecule is CC1(Cn2c(CCCl)nc3c(C#N)cccc32)CCCO1. The predicted octanol–water partition coefficient (Wildman–Crippen LogP) is 3.26. The second kappa shape index (κ2) is 5.67. The van der Waals surface area contributed by atoms with Gasteiger partial charge in [0.1, 0.15) is 17.4 Å². The molecule has 0 spiro atoms. The molecule has 0 N–H and O–H groups in total. The largest absolute Gasteiger partial charge is 0.373 e. The molecule has 110 valence electrons. The van der Waals surface area contributed by atoms with Crippen LogP contribution in [0.25, 0.3) is 11.0 Å². The summed E-state index contributed by atoms with van der Waals surface area (Å²) in [7, 11) is 0. The average Bonchev–Trinajstić information content (AvgIpc) is 3.05. The predicted molar refractivity (Wildman–Crippen MR) is 82.5 cm³/mol. The van der Waals surface area contributed by atoms with Crippen molar-refractivity contribution in [2.75, 3.05) is 12.5 Å². The molecule has 1 atom stereocenters. The van der Waals surface area contributed by atoms with Crippen molar-refractivity contribution < 1.29 is 4.74 Å². The van der Waals surface area contributed by atoms with Crippen LogP contribution >= 0.6 is 11.6 Å². The first kappa shape index (κ1) is 14.4. The van der Waals surface area contributed by atoms with Crippen LogP contribution in [0.2, 0.25) is 0 Å².